The fourth-order valence-corrected chi connectivity index (χ4v) is 1.64. The molecule has 0 aliphatic heterocycles. The molecule has 5 heteroatoms. The van der Waals surface area contributed by atoms with Crippen LogP contribution in [0, 0.1) is 17.2 Å². The predicted molar refractivity (Wildman–Crippen MR) is 62.1 cm³/mol. The molecule has 17 heavy (non-hydrogen) atoms. The second-order valence-corrected chi connectivity index (χ2v) is 4.49. The number of aromatic nitrogens is 2. The van der Waals surface area contributed by atoms with E-state index in [1.165, 1.54) is 0 Å². The molecular weight excluding hydrogens is 218 g/mol. The van der Waals surface area contributed by atoms with Crippen molar-refractivity contribution in [2.24, 2.45) is 5.92 Å². The number of rotatable bonds is 6. The SMILES string of the molecule is COC(c1noc(C(C)CCC#N)n1)C(C)C. The number of methoxy groups -OCH3 is 1. The molecule has 0 aromatic carbocycles. The molecule has 0 radical (unpaired) electrons. The van der Waals surface area contributed by atoms with Crippen LogP contribution in [0.25, 0.3) is 0 Å². The van der Waals surface area contributed by atoms with E-state index in [9.17, 15) is 0 Å². The summed E-state index contributed by atoms with van der Waals surface area (Å²) in [7, 11) is 1.64. The topological polar surface area (TPSA) is 71.9 Å². The molecule has 0 spiro atoms. The summed E-state index contributed by atoms with van der Waals surface area (Å²) in [5.74, 6) is 1.57. The molecule has 0 N–H and O–H groups in total. The molecule has 1 aromatic heterocycles. The predicted octanol–water partition coefficient (Wildman–Crippen LogP) is 2.82. The van der Waals surface area contributed by atoms with Crippen LogP contribution in [-0.4, -0.2) is 17.3 Å². The molecule has 0 saturated heterocycles. The number of nitrogens with zero attached hydrogens (tertiary/aromatic N) is 3. The first-order chi connectivity index (χ1) is 8.10. The standard InChI is InChI=1S/C12H19N3O2/c1-8(2)10(16-4)11-14-12(17-15-11)9(3)6-5-7-13/h8-10H,5-6H2,1-4H3. The maximum atomic E-state index is 8.53. The van der Waals surface area contributed by atoms with Crippen LogP contribution >= 0.6 is 0 Å². The molecule has 0 fully saturated rings. The fraction of sp³-hybridized carbons (Fsp3) is 0.750. The van der Waals surface area contributed by atoms with Gasteiger partial charge in [0.1, 0.15) is 6.10 Å². The Balaban J connectivity index is 2.73. The Bertz CT molecular complexity index is 381. The van der Waals surface area contributed by atoms with Crippen LogP contribution in [0.15, 0.2) is 4.52 Å². The molecule has 1 rings (SSSR count). The van der Waals surface area contributed by atoms with Gasteiger partial charge in [-0.15, -0.1) is 0 Å². The third kappa shape index (κ3) is 3.53. The van der Waals surface area contributed by atoms with Gasteiger partial charge < -0.3 is 9.26 Å². The average Bonchev–Trinajstić information content (AvgIpc) is 2.75. The highest BCUT2D eigenvalue weighted by atomic mass is 16.5. The highest BCUT2D eigenvalue weighted by Gasteiger charge is 2.23. The van der Waals surface area contributed by atoms with Gasteiger partial charge in [0.05, 0.1) is 6.07 Å². The maximum Gasteiger partial charge on any atom is 0.229 e. The van der Waals surface area contributed by atoms with Crippen LogP contribution in [0.3, 0.4) is 0 Å². The number of nitriles is 1. The van der Waals surface area contributed by atoms with Gasteiger partial charge in [-0.25, -0.2) is 0 Å². The second-order valence-electron chi connectivity index (χ2n) is 4.49. The molecule has 0 saturated carbocycles. The summed E-state index contributed by atoms with van der Waals surface area (Å²) in [5.41, 5.74) is 0. The highest BCUT2D eigenvalue weighted by molar-refractivity contribution is 4.97. The van der Waals surface area contributed by atoms with Crippen LogP contribution in [0.5, 0.6) is 0 Å². The second kappa shape index (κ2) is 6.36. The van der Waals surface area contributed by atoms with E-state index in [-0.39, 0.29) is 12.0 Å². The van der Waals surface area contributed by atoms with Gasteiger partial charge in [0.2, 0.25) is 11.7 Å². The summed E-state index contributed by atoms with van der Waals surface area (Å²) in [5, 5.41) is 12.5. The number of ether oxygens (including phenoxy) is 1. The van der Waals surface area contributed by atoms with E-state index in [0.29, 0.717) is 24.1 Å². The van der Waals surface area contributed by atoms with Crippen LogP contribution in [0.1, 0.15) is 57.3 Å². The van der Waals surface area contributed by atoms with Gasteiger partial charge in [-0.3, -0.25) is 0 Å². The third-order valence-electron chi connectivity index (χ3n) is 2.68. The van der Waals surface area contributed by atoms with Gasteiger partial charge >= 0.3 is 0 Å². The zero-order valence-corrected chi connectivity index (χ0v) is 10.8. The zero-order valence-electron chi connectivity index (χ0n) is 10.8. The normalized spacial score (nSPS) is 14.6. The summed E-state index contributed by atoms with van der Waals surface area (Å²) in [6, 6.07) is 2.11. The first-order valence-corrected chi connectivity index (χ1v) is 5.83. The van der Waals surface area contributed by atoms with Gasteiger partial charge in [0.15, 0.2) is 0 Å². The molecule has 5 nitrogen and oxygen atoms in total. The van der Waals surface area contributed by atoms with Gasteiger partial charge in [-0.05, 0) is 12.3 Å². The van der Waals surface area contributed by atoms with Crippen molar-refractivity contribution in [3.63, 3.8) is 0 Å². The largest absolute Gasteiger partial charge is 0.373 e. The van der Waals surface area contributed by atoms with E-state index < -0.39 is 0 Å². The minimum atomic E-state index is -0.143. The third-order valence-corrected chi connectivity index (χ3v) is 2.68. The fourth-order valence-electron chi connectivity index (χ4n) is 1.64. The van der Waals surface area contributed by atoms with Crippen LogP contribution in [-0.2, 0) is 4.74 Å². The Morgan fingerprint density at radius 2 is 2.12 bits per heavy atom. The molecule has 1 aromatic rings. The van der Waals surface area contributed by atoms with Gasteiger partial charge in [-0.1, -0.05) is 25.9 Å². The number of hydrogen-bond acceptors (Lipinski definition) is 5. The molecule has 1 heterocycles. The average molecular weight is 237 g/mol. The van der Waals surface area contributed by atoms with Crippen molar-refractivity contribution >= 4 is 0 Å². The molecule has 0 bridgehead atoms. The lowest BCUT2D eigenvalue weighted by atomic mass is 10.1. The molecule has 0 aliphatic rings. The van der Waals surface area contributed by atoms with Crippen molar-refractivity contribution < 1.29 is 9.26 Å². The smallest absolute Gasteiger partial charge is 0.229 e. The summed E-state index contributed by atoms with van der Waals surface area (Å²) < 4.78 is 10.5. The van der Waals surface area contributed by atoms with E-state index in [1.807, 2.05) is 20.8 Å². The van der Waals surface area contributed by atoms with Crippen LogP contribution < -0.4 is 0 Å². The van der Waals surface area contributed by atoms with Crippen molar-refractivity contribution in [3.8, 4) is 6.07 Å². The summed E-state index contributed by atoms with van der Waals surface area (Å²) >= 11 is 0. The highest BCUT2D eigenvalue weighted by Crippen LogP contribution is 2.25. The quantitative estimate of drug-likeness (QED) is 0.760. The first kappa shape index (κ1) is 13.7. The Hall–Kier alpha value is -1.41. The molecule has 2 atom stereocenters. The molecule has 2 unspecified atom stereocenters. The van der Waals surface area contributed by atoms with Crippen molar-refractivity contribution in [2.45, 2.75) is 45.6 Å². The first-order valence-electron chi connectivity index (χ1n) is 5.83. The molecule has 94 valence electrons. The van der Waals surface area contributed by atoms with E-state index >= 15 is 0 Å². The van der Waals surface area contributed by atoms with Gasteiger partial charge in [0.25, 0.3) is 0 Å². The molecular formula is C12H19N3O2. The van der Waals surface area contributed by atoms with Crippen molar-refractivity contribution in [1.82, 2.24) is 10.1 Å². The van der Waals surface area contributed by atoms with Crippen LogP contribution in [0.2, 0.25) is 0 Å². The monoisotopic (exact) mass is 237 g/mol. The van der Waals surface area contributed by atoms with Crippen LogP contribution in [0.4, 0.5) is 0 Å². The number of hydrogen-bond donors (Lipinski definition) is 0. The van der Waals surface area contributed by atoms with Crippen molar-refractivity contribution in [3.05, 3.63) is 11.7 Å². The molecule has 0 aliphatic carbocycles. The van der Waals surface area contributed by atoms with Crippen molar-refractivity contribution in [2.75, 3.05) is 7.11 Å². The Morgan fingerprint density at radius 3 is 2.65 bits per heavy atom. The van der Waals surface area contributed by atoms with Gasteiger partial charge in [0, 0.05) is 19.4 Å². The van der Waals surface area contributed by atoms with E-state index in [1.54, 1.807) is 7.11 Å². The maximum absolute atomic E-state index is 8.53. The van der Waals surface area contributed by atoms with E-state index in [0.717, 1.165) is 6.42 Å². The lowest BCUT2D eigenvalue weighted by Gasteiger charge is -2.14. The summed E-state index contributed by atoms with van der Waals surface area (Å²) in [4.78, 5) is 4.34. The Morgan fingerprint density at radius 1 is 1.41 bits per heavy atom. The lowest BCUT2D eigenvalue weighted by Crippen LogP contribution is -2.10. The summed E-state index contributed by atoms with van der Waals surface area (Å²) in [6.07, 6.45) is 1.09. The van der Waals surface area contributed by atoms with E-state index in [2.05, 4.69) is 16.2 Å². The van der Waals surface area contributed by atoms with E-state index in [4.69, 9.17) is 14.5 Å². The minimum absolute atomic E-state index is 0.112. The van der Waals surface area contributed by atoms with Crippen molar-refractivity contribution in [1.29, 1.82) is 5.26 Å². The Labute approximate surface area is 102 Å². The van der Waals surface area contributed by atoms with Gasteiger partial charge in [-0.2, -0.15) is 10.2 Å². The lowest BCUT2D eigenvalue weighted by molar-refractivity contribution is 0.0555. The molecule has 0 amide bonds. The zero-order chi connectivity index (χ0) is 12.8. The summed E-state index contributed by atoms with van der Waals surface area (Å²) in [6.45, 7) is 6.07. The minimum Gasteiger partial charge on any atom is -0.373 e. The Kier molecular flexibility index (Phi) is 5.11.